The number of rotatable bonds is 2. The first-order valence-electron chi connectivity index (χ1n) is 6.48. The molecule has 2 aliphatic rings. The van der Waals surface area contributed by atoms with Crippen molar-refractivity contribution in [2.75, 3.05) is 13.7 Å². The highest BCUT2D eigenvalue weighted by atomic mass is 16.6. The Kier molecular flexibility index (Phi) is 2.93. The normalized spacial score (nSPS) is 23.5. The summed E-state index contributed by atoms with van der Waals surface area (Å²) in [6.07, 6.45) is 1.65. The van der Waals surface area contributed by atoms with Crippen LogP contribution >= 0.6 is 0 Å². The largest absolute Gasteiger partial charge is 0.500 e. The zero-order valence-corrected chi connectivity index (χ0v) is 11.5. The van der Waals surface area contributed by atoms with Gasteiger partial charge in [-0.3, -0.25) is 5.32 Å². The van der Waals surface area contributed by atoms with Crippen LogP contribution in [0.2, 0.25) is 0 Å². The molecule has 1 atom stereocenters. The fraction of sp³-hybridized carbons (Fsp3) is 0.429. The number of benzene rings is 1. The van der Waals surface area contributed by atoms with Gasteiger partial charge < -0.3 is 14.0 Å². The highest BCUT2D eigenvalue weighted by Crippen LogP contribution is 2.34. The monoisotopic (exact) mass is 259 g/mol. The van der Waals surface area contributed by atoms with Crippen LogP contribution in [0.3, 0.4) is 0 Å². The predicted molar refractivity (Wildman–Crippen MR) is 75.5 cm³/mol. The molecule has 1 aromatic carbocycles. The molecule has 0 aliphatic carbocycles. The molecule has 4 nitrogen and oxygen atoms in total. The molecule has 1 N–H and O–H groups in total. The Morgan fingerprint density at radius 2 is 2.26 bits per heavy atom. The Hall–Kier alpha value is -1.30. The third-order valence-corrected chi connectivity index (χ3v) is 3.52. The third-order valence-electron chi connectivity index (χ3n) is 3.52. The fourth-order valence-corrected chi connectivity index (χ4v) is 2.61. The molecule has 0 spiro atoms. The molecule has 0 amide bonds. The summed E-state index contributed by atoms with van der Waals surface area (Å²) in [5, 5.41) is 3.16. The number of hydrogen-bond acceptors (Lipinski definition) is 4. The van der Waals surface area contributed by atoms with E-state index < -0.39 is 0 Å². The van der Waals surface area contributed by atoms with Crippen LogP contribution in [-0.4, -0.2) is 26.4 Å². The van der Waals surface area contributed by atoms with Crippen LogP contribution in [0, 0.1) is 0 Å². The minimum Gasteiger partial charge on any atom is -0.491 e. The number of hydrogen-bond donors (Lipinski definition) is 1. The molecule has 19 heavy (non-hydrogen) atoms. The van der Waals surface area contributed by atoms with Gasteiger partial charge >= 0.3 is 7.12 Å². The Morgan fingerprint density at radius 3 is 2.95 bits per heavy atom. The molecule has 0 aromatic heterocycles. The lowest BCUT2D eigenvalue weighted by Crippen LogP contribution is -2.40. The summed E-state index contributed by atoms with van der Waals surface area (Å²) in [7, 11) is 1.48. The molecule has 3 rings (SSSR count). The van der Waals surface area contributed by atoms with Crippen molar-refractivity contribution in [3.05, 3.63) is 29.8 Å². The SMILES string of the molecule is C=Cc1ccc2c3c1[C@@H](NC)OB3OC(C)(C)CO2. The summed E-state index contributed by atoms with van der Waals surface area (Å²) in [5.74, 6) is 0.842. The van der Waals surface area contributed by atoms with E-state index in [4.69, 9.17) is 14.0 Å². The van der Waals surface area contributed by atoms with Crippen molar-refractivity contribution in [3.8, 4) is 5.75 Å². The van der Waals surface area contributed by atoms with Crippen LogP contribution in [-0.2, 0) is 9.31 Å². The molecular weight excluding hydrogens is 241 g/mol. The minimum atomic E-state index is -0.389. The van der Waals surface area contributed by atoms with Gasteiger partial charge in [-0.15, -0.1) is 0 Å². The van der Waals surface area contributed by atoms with Crippen molar-refractivity contribution < 1.29 is 14.0 Å². The summed E-state index contributed by atoms with van der Waals surface area (Å²) < 4.78 is 17.9. The van der Waals surface area contributed by atoms with Crippen LogP contribution in [0.5, 0.6) is 5.75 Å². The van der Waals surface area contributed by atoms with E-state index in [-0.39, 0.29) is 18.9 Å². The molecule has 2 heterocycles. The molecule has 0 fully saturated rings. The minimum absolute atomic E-state index is 0.189. The van der Waals surface area contributed by atoms with E-state index >= 15 is 0 Å². The Bertz CT molecular complexity index is 530. The van der Waals surface area contributed by atoms with E-state index in [1.165, 1.54) is 0 Å². The van der Waals surface area contributed by atoms with Gasteiger partial charge in [0.25, 0.3) is 0 Å². The van der Waals surface area contributed by atoms with Gasteiger partial charge in [0.1, 0.15) is 18.6 Å². The lowest BCUT2D eigenvalue weighted by molar-refractivity contribution is 0.0239. The zero-order chi connectivity index (χ0) is 13.6. The van der Waals surface area contributed by atoms with Gasteiger partial charge in [-0.25, -0.2) is 0 Å². The first-order chi connectivity index (χ1) is 9.05. The number of nitrogens with one attached hydrogen (secondary N) is 1. The van der Waals surface area contributed by atoms with E-state index in [0.717, 1.165) is 22.3 Å². The van der Waals surface area contributed by atoms with Gasteiger partial charge in [-0.2, -0.15) is 0 Å². The molecule has 0 saturated carbocycles. The van der Waals surface area contributed by atoms with Crippen LogP contribution in [0.1, 0.15) is 31.2 Å². The maximum absolute atomic E-state index is 6.04. The van der Waals surface area contributed by atoms with Crippen molar-refractivity contribution in [1.82, 2.24) is 5.32 Å². The Labute approximate surface area is 113 Å². The van der Waals surface area contributed by atoms with Gasteiger partial charge in [0.2, 0.25) is 0 Å². The van der Waals surface area contributed by atoms with Crippen molar-refractivity contribution >= 4 is 18.7 Å². The fourth-order valence-electron chi connectivity index (χ4n) is 2.61. The lowest BCUT2D eigenvalue weighted by Gasteiger charge is -2.25. The van der Waals surface area contributed by atoms with Crippen molar-refractivity contribution in [1.29, 1.82) is 0 Å². The molecule has 5 heteroatoms. The summed E-state index contributed by atoms with van der Waals surface area (Å²) in [6, 6.07) is 3.98. The molecule has 1 aromatic rings. The Balaban J connectivity index is 2.16. The second-order valence-electron chi connectivity index (χ2n) is 5.49. The van der Waals surface area contributed by atoms with E-state index in [1.54, 1.807) is 0 Å². The van der Waals surface area contributed by atoms with Crippen LogP contribution < -0.4 is 15.5 Å². The van der Waals surface area contributed by atoms with Crippen molar-refractivity contribution in [2.45, 2.75) is 25.7 Å². The van der Waals surface area contributed by atoms with E-state index in [0.29, 0.717) is 6.61 Å². The molecule has 2 aliphatic heterocycles. The van der Waals surface area contributed by atoms with Crippen LogP contribution in [0.25, 0.3) is 6.08 Å². The van der Waals surface area contributed by atoms with Gasteiger partial charge in [0.05, 0.1) is 5.60 Å². The van der Waals surface area contributed by atoms with Crippen LogP contribution in [0.4, 0.5) is 0 Å². The topological polar surface area (TPSA) is 39.7 Å². The molecule has 0 saturated heterocycles. The van der Waals surface area contributed by atoms with Crippen molar-refractivity contribution in [2.24, 2.45) is 0 Å². The first kappa shape index (κ1) is 12.7. The number of ether oxygens (including phenoxy) is 1. The van der Waals surface area contributed by atoms with Gasteiger partial charge in [-0.1, -0.05) is 18.7 Å². The summed E-state index contributed by atoms with van der Waals surface area (Å²) in [4.78, 5) is 0. The molecule has 0 unspecified atom stereocenters. The van der Waals surface area contributed by atoms with Crippen molar-refractivity contribution in [3.63, 3.8) is 0 Å². The molecular formula is C14H18BNO3. The van der Waals surface area contributed by atoms with Gasteiger partial charge in [0.15, 0.2) is 0 Å². The quantitative estimate of drug-likeness (QED) is 0.816. The summed E-state index contributed by atoms with van der Waals surface area (Å²) >= 11 is 0. The molecule has 0 radical (unpaired) electrons. The second kappa shape index (κ2) is 4.37. The maximum atomic E-state index is 6.04. The third kappa shape index (κ3) is 1.98. The first-order valence-corrected chi connectivity index (χ1v) is 6.48. The predicted octanol–water partition coefficient (Wildman–Crippen LogP) is 1.46. The summed E-state index contributed by atoms with van der Waals surface area (Å²) in [6.45, 7) is 8.38. The second-order valence-corrected chi connectivity index (χ2v) is 5.49. The van der Waals surface area contributed by atoms with Gasteiger partial charge in [-0.05, 0) is 32.5 Å². The molecule has 100 valence electrons. The zero-order valence-electron chi connectivity index (χ0n) is 11.5. The highest BCUT2D eigenvalue weighted by Gasteiger charge is 2.46. The Morgan fingerprint density at radius 1 is 1.47 bits per heavy atom. The van der Waals surface area contributed by atoms with E-state index in [9.17, 15) is 0 Å². The standard InChI is InChI=1S/C14H18BNO3/c1-5-9-6-7-10-12-11(9)13(16-4)18-15(12)19-14(2,3)8-17-10/h5-7,13,16H,1,8H2,2-4H3/t13-/m0/s1. The lowest BCUT2D eigenvalue weighted by atomic mass is 9.76. The van der Waals surface area contributed by atoms with E-state index in [1.807, 2.05) is 39.1 Å². The van der Waals surface area contributed by atoms with Crippen LogP contribution in [0.15, 0.2) is 18.7 Å². The molecule has 0 bridgehead atoms. The summed E-state index contributed by atoms with van der Waals surface area (Å²) in [5.41, 5.74) is 2.73. The van der Waals surface area contributed by atoms with Gasteiger partial charge in [0, 0.05) is 11.0 Å². The maximum Gasteiger partial charge on any atom is 0.500 e. The average molecular weight is 259 g/mol. The average Bonchev–Trinajstić information content (AvgIpc) is 2.68. The van der Waals surface area contributed by atoms with E-state index in [2.05, 4.69) is 11.9 Å². The highest BCUT2D eigenvalue weighted by molar-refractivity contribution is 6.64. The smallest absolute Gasteiger partial charge is 0.491 e.